The zero-order valence-electron chi connectivity index (χ0n) is 10.3. The van der Waals surface area contributed by atoms with Crippen molar-refractivity contribution in [2.24, 2.45) is 0 Å². The molecule has 0 aliphatic rings. The van der Waals surface area contributed by atoms with Crippen LogP contribution >= 0.6 is 0 Å². The summed E-state index contributed by atoms with van der Waals surface area (Å²) in [7, 11) is 0. The number of aromatic carboxylic acids is 1. The van der Waals surface area contributed by atoms with Gasteiger partial charge in [-0.15, -0.1) is 0 Å². The van der Waals surface area contributed by atoms with E-state index in [-0.39, 0.29) is 17.4 Å². The highest BCUT2D eigenvalue weighted by Gasteiger charge is 2.18. The van der Waals surface area contributed by atoms with E-state index in [4.69, 9.17) is 10.2 Å². The fourth-order valence-electron chi connectivity index (χ4n) is 2.02. The number of carboxylic acid groups (broad SMARTS) is 1. The van der Waals surface area contributed by atoms with Crippen LogP contribution in [0.2, 0.25) is 0 Å². The zero-order chi connectivity index (χ0) is 14.9. The van der Waals surface area contributed by atoms with Crippen LogP contribution in [-0.4, -0.2) is 38.6 Å². The number of fused-ring (bicyclic) bond motifs is 1. The average molecular weight is 281 g/mol. The highest BCUT2D eigenvalue weighted by Crippen LogP contribution is 2.17. The molecule has 3 N–H and O–H groups in total. The van der Waals surface area contributed by atoms with Gasteiger partial charge >= 0.3 is 5.97 Å². The van der Waals surface area contributed by atoms with Crippen molar-refractivity contribution in [1.82, 2.24) is 4.57 Å². The zero-order valence-corrected chi connectivity index (χ0v) is 10.3. The molecule has 0 spiro atoms. The van der Waals surface area contributed by atoms with Gasteiger partial charge in [-0.3, -0.25) is 4.79 Å². The van der Waals surface area contributed by atoms with Crippen LogP contribution in [-0.2, 0) is 6.54 Å². The summed E-state index contributed by atoms with van der Waals surface area (Å²) < 4.78 is 14.9. The van der Waals surface area contributed by atoms with E-state index in [0.29, 0.717) is 0 Å². The van der Waals surface area contributed by atoms with E-state index in [1.807, 2.05) is 0 Å². The molecule has 2 aromatic rings. The fourth-order valence-corrected chi connectivity index (χ4v) is 2.02. The minimum absolute atomic E-state index is 0.0140. The van der Waals surface area contributed by atoms with E-state index in [0.717, 1.165) is 16.7 Å². The highest BCUT2D eigenvalue weighted by molar-refractivity contribution is 5.90. The van der Waals surface area contributed by atoms with Gasteiger partial charge in [-0.05, 0) is 12.1 Å². The third kappa shape index (κ3) is 2.40. The maximum atomic E-state index is 13.9. The van der Waals surface area contributed by atoms with Gasteiger partial charge < -0.3 is 19.9 Å². The van der Waals surface area contributed by atoms with E-state index < -0.39 is 35.6 Å². The number of benzene rings is 1. The van der Waals surface area contributed by atoms with E-state index >= 15 is 0 Å². The molecule has 1 aromatic heterocycles. The largest absolute Gasteiger partial charge is 0.477 e. The molecule has 106 valence electrons. The van der Waals surface area contributed by atoms with Crippen molar-refractivity contribution >= 4 is 16.9 Å². The van der Waals surface area contributed by atoms with E-state index in [9.17, 15) is 19.1 Å². The normalized spacial score (nSPS) is 12.6. The number of carbonyl (C=O) groups is 1. The number of pyridine rings is 1. The summed E-state index contributed by atoms with van der Waals surface area (Å²) in [6, 6.07) is 4.67. The van der Waals surface area contributed by atoms with E-state index in [1.54, 1.807) is 0 Å². The lowest BCUT2D eigenvalue weighted by atomic mass is 10.1. The summed E-state index contributed by atoms with van der Waals surface area (Å²) in [6.07, 6.45) is -1.27. The predicted molar refractivity (Wildman–Crippen MR) is 68.2 cm³/mol. The molecule has 0 radical (unpaired) electrons. The van der Waals surface area contributed by atoms with Crippen LogP contribution in [0.5, 0.6) is 0 Å². The third-order valence-electron chi connectivity index (χ3n) is 2.90. The number of carboxylic acids is 1. The van der Waals surface area contributed by atoms with Gasteiger partial charge in [-0.2, -0.15) is 0 Å². The molecule has 1 unspecified atom stereocenters. The topological polar surface area (TPSA) is 99.8 Å². The van der Waals surface area contributed by atoms with E-state index in [2.05, 4.69) is 0 Å². The molecule has 20 heavy (non-hydrogen) atoms. The molecule has 1 atom stereocenters. The number of aromatic nitrogens is 1. The smallest absolute Gasteiger partial charge is 0.352 e. The van der Waals surface area contributed by atoms with Crippen molar-refractivity contribution in [3.8, 4) is 0 Å². The van der Waals surface area contributed by atoms with Gasteiger partial charge in [0.2, 0.25) is 0 Å². The molecule has 0 bridgehead atoms. The van der Waals surface area contributed by atoms with Crippen molar-refractivity contribution in [3.63, 3.8) is 0 Å². The molecule has 0 aliphatic carbocycles. The highest BCUT2D eigenvalue weighted by atomic mass is 19.1. The minimum atomic E-state index is -1.42. The Morgan fingerprint density at radius 2 is 2.10 bits per heavy atom. The Labute approximate surface area is 112 Å². The molecule has 0 fully saturated rings. The number of rotatable bonds is 4. The monoisotopic (exact) mass is 281 g/mol. The van der Waals surface area contributed by atoms with E-state index in [1.165, 1.54) is 12.1 Å². The Kier molecular flexibility index (Phi) is 3.82. The van der Waals surface area contributed by atoms with Crippen molar-refractivity contribution in [1.29, 1.82) is 0 Å². The van der Waals surface area contributed by atoms with Crippen molar-refractivity contribution < 1.29 is 24.5 Å². The fraction of sp³-hybridized carbons (Fsp3) is 0.231. The Bertz CT molecular complexity index is 725. The first-order valence-electron chi connectivity index (χ1n) is 5.80. The molecular formula is C13H12FNO5. The standard InChI is InChI=1S/C13H12FNO5/c14-9-3-1-2-8-11(18)4-10(13(19)20)15(12(8)9)5-7(17)6-16/h1-4,7,16-17H,5-6H2,(H,19,20). The summed E-state index contributed by atoms with van der Waals surface area (Å²) in [6.45, 7) is -0.947. The van der Waals surface area contributed by atoms with Crippen molar-refractivity contribution in [3.05, 3.63) is 46.0 Å². The number of aliphatic hydroxyl groups is 2. The Morgan fingerprint density at radius 3 is 2.70 bits per heavy atom. The van der Waals surface area contributed by atoms with Gasteiger partial charge in [0, 0.05) is 11.5 Å². The maximum Gasteiger partial charge on any atom is 0.352 e. The second-order valence-corrected chi connectivity index (χ2v) is 4.28. The van der Waals surface area contributed by atoms with Crippen LogP contribution in [0.3, 0.4) is 0 Å². The van der Waals surface area contributed by atoms with Gasteiger partial charge in [0.15, 0.2) is 5.43 Å². The van der Waals surface area contributed by atoms with Crippen LogP contribution in [0.25, 0.3) is 10.9 Å². The number of hydrogen-bond donors (Lipinski definition) is 3. The summed E-state index contributed by atoms with van der Waals surface area (Å²) in [5, 5.41) is 27.4. The molecular weight excluding hydrogens is 269 g/mol. The lowest BCUT2D eigenvalue weighted by Gasteiger charge is -2.17. The molecule has 7 heteroatoms. The van der Waals surface area contributed by atoms with Crippen LogP contribution in [0.4, 0.5) is 4.39 Å². The number of aliphatic hydroxyl groups excluding tert-OH is 2. The molecule has 1 heterocycles. The Hall–Kier alpha value is -2.25. The van der Waals surface area contributed by atoms with Crippen LogP contribution < -0.4 is 5.43 Å². The van der Waals surface area contributed by atoms with Gasteiger partial charge in [-0.1, -0.05) is 6.07 Å². The second-order valence-electron chi connectivity index (χ2n) is 4.28. The molecule has 0 aliphatic heterocycles. The summed E-state index contributed by atoms with van der Waals surface area (Å²) in [5.74, 6) is -2.19. The first kappa shape index (κ1) is 14.2. The maximum absolute atomic E-state index is 13.9. The Balaban J connectivity index is 2.85. The number of nitrogens with zero attached hydrogens (tertiary/aromatic N) is 1. The average Bonchev–Trinajstić information content (AvgIpc) is 2.41. The van der Waals surface area contributed by atoms with Crippen molar-refractivity contribution in [2.45, 2.75) is 12.6 Å². The molecule has 2 rings (SSSR count). The SMILES string of the molecule is O=C(O)c1cc(=O)c2cccc(F)c2n1CC(O)CO. The first-order chi connectivity index (χ1) is 9.45. The van der Waals surface area contributed by atoms with Gasteiger partial charge in [0.25, 0.3) is 0 Å². The lowest BCUT2D eigenvalue weighted by Crippen LogP contribution is -2.26. The molecule has 0 amide bonds. The van der Waals surface area contributed by atoms with Gasteiger partial charge in [0.1, 0.15) is 11.5 Å². The number of para-hydroxylation sites is 1. The molecule has 1 aromatic carbocycles. The number of hydrogen-bond acceptors (Lipinski definition) is 4. The quantitative estimate of drug-likeness (QED) is 0.743. The first-order valence-corrected chi connectivity index (χ1v) is 5.80. The van der Waals surface area contributed by atoms with Gasteiger partial charge in [0.05, 0.1) is 24.8 Å². The van der Waals surface area contributed by atoms with Crippen LogP contribution in [0.1, 0.15) is 10.5 Å². The molecule has 6 nitrogen and oxygen atoms in total. The molecule has 0 saturated heterocycles. The van der Waals surface area contributed by atoms with Crippen LogP contribution in [0.15, 0.2) is 29.1 Å². The summed E-state index contributed by atoms with van der Waals surface area (Å²) in [4.78, 5) is 23.0. The summed E-state index contributed by atoms with van der Waals surface area (Å²) >= 11 is 0. The lowest BCUT2D eigenvalue weighted by molar-refractivity contribution is 0.0655. The second kappa shape index (κ2) is 5.40. The number of halogens is 1. The predicted octanol–water partition coefficient (Wildman–Crippen LogP) is 0.192. The summed E-state index contributed by atoms with van der Waals surface area (Å²) in [5.41, 5.74) is -1.27. The Morgan fingerprint density at radius 1 is 1.40 bits per heavy atom. The van der Waals surface area contributed by atoms with Gasteiger partial charge in [-0.25, -0.2) is 9.18 Å². The van der Waals surface area contributed by atoms with Crippen molar-refractivity contribution in [2.75, 3.05) is 6.61 Å². The minimum Gasteiger partial charge on any atom is -0.477 e. The molecule has 0 saturated carbocycles. The van der Waals surface area contributed by atoms with Crippen LogP contribution in [0, 0.1) is 5.82 Å². The third-order valence-corrected chi connectivity index (χ3v) is 2.90.